The van der Waals surface area contributed by atoms with Crippen LogP contribution in [0.2, 0.25) is 0 Å². The largest absolute Gasteiger partial charge is 0.458 e. The molecule has 1 N–H and O–H groups in total. The lowest BCUT2D eigenvalue weighted by Crippen LogP contribution is -2.19. The molecule has 1 aromatic carbocycles. The summed E-state index contributed by atoms with van der Waals surface area (Å²) in [6.45, 7) is 8.76. The maximum absolute atomic E-state index is 6.03. The van der Waals surface area contributed by atoms with E-state index in [1.165, 1.54) is 5.56 Å². The van der Waals surface area contributed by atoms with Crippen molar-refractivity contribution >= 4 is 26.9 Å². The van der Waals surface area contributed by atoms with Crippen LogP contribution in [0.4, 0.5) is 0 Å². The Labute approximate surface area is 128 Å². The summed E-state index contributed by atoms with van der Waals surface area (Å²) in [6.07, 6.45) is 0. The number of hydrogen-bond acceptors (Lipinski definition) is 3. The van der Waals surface area contributed by atoms with Crippen LogP contribution in [0.15, 0.2) is 21.0 Å². The fraction of sp³-hybridized carbons (Fsp3) is 0.500. The van der Waals surface area contributed by atoms with Gasteiger partial charge in [0.2, 0.25) is 0 Å². The summed E-state index contributed by atoms with van der Waals surface area (Å²) in [7, 11) is 1.72. The molecule has 1 aromatic heterocycles. The maximum atomic E-state index is 6.03. The molecule has 0 atom stereocenters. The quantitative estimate of drug-likeness (QED) is 0.847. The molecule has 0 saturated heterocycles. The normalized spacial score (nSPS) is 11.7. The van der Waals surface area contributed by atoms with Crippen molar-refractivity contribution in [3.63, 3.8) is 0 Å². The van der Waals surface area contributed by atoms with E-state index in [9.17, 15) is 0 Å². The molecular formula is C16H22BrNO2. The second-order valence-corrected chi connectivity index (χ2v) is 6.44. The lowest BCUT2D eigenvalue weighted by Gasteiger charge is -2.07. The zero-order valence-electron chi connectivity index (χ0n) is 12.5. The molecule has 0 amide bonds. The molecule has 0 aliphatic heterocycles. The van der Waals surface area contributed by atoms with Gasteiger partial charge in [-0.1, -0.05) is 13.8 Å². The van der Waals surface area contributed by atoms with Crippen molar-refractivity contribution in [2.75, 3.05) is 13.7 Å². The summed E-state index contributed by atoms with van der Waals surface area (Å²) in [5.41, 5.74) is 3.26. The first-order valence-electron chi connectivity index (χ1n) is 6.93. The minimum Gasteiger partial charge on any atom is -0.458 e. The Kier molecular flexibility index (Phi) is 5.24. The first kappa shape index (κ1) is 15.5. The number of rotatable bonds is 6. The standard InChI is InChI=1S/C16H22BrNO2/c1-10(2)7-18-8-15-13(9-19-4)12-5-11(3)6-14(17)16(12)20-15/h5-6,10,18H,7-9H2,1-4H3. The predicted octanol–water partition coefficient (Wildman–Crippen LogP) is 4.40. The number of nitrogens with one attached hydrogen (secondary N) is 1. The van der Waals surface area contributed by atoms with Crippen molar-refractivity contribution in [2.24, 2.45) is 5.92 Å². The highest BCUT2D eigenvalue weighted by atomic mass is 79.9. The van der Waals surface area contributed by atoms with Gasteiger partial charge in [-0.15, -0.1) is 0 Å². The molecule has 2 rings (SSSR count). The maximum Gasteiger partial charge on any atom is 0.148 e. The molecule has 20 heavy (non-hydrogen) atoms. The van der Waals surface area contributed by atoms with E-state index in [0.29, 0.717) is 12.5 Å². The van der Waals surface area contributed by atoms with Crippen LogP contribution < -0.4 is 5.32 Å². The monoisotopic (exact) mass is 339 g/mol. The molecule has 0 radical (unpaired) electrons. The first-order valence-corrected chi connectivity index (χ1v) is 7.72. The highest BCUT2D eigenvalue weighted by Crippen LogP contribution is 2.33. The number of benzene rings is 1. The lowest BCUT2D eigenvalue weighted by atomic mass is 10.1. The molecule has 110 valence electrons. The Morgan fingerprint density at radius 1 is 1.35 bits per heavy atom. The molecule has 2 aromatic rings. The predicted molar refractivity (Wildman–Crippen MR) is 85.9 cm³/mol. The molecule has 0 aliphatic rings. The molecule has 0 fully saturated rings. The topological polar surface area (TPSA) is 34.4 Å². The zero-order valence-corrected chi connectivity index (χ0v) is 14.1. The third kappa shape index (κ3) is 3.43. The fourth-order valence-corrected chi connectivity index (χ4v) is 2.97. The van der Waals surface area contributed by atoms with Crippen LogP contribution in [-0.4, -0.2) is 13.7 Å². The second kappa shape index (κ2) is 6.74. The van der Waals surface area contributed by atoms with Gasteiger partial charge in [-0.2, -0.15) is 0 Å². The van der Waals surface area contributed by atoms with Crippen molar-refractivity contribution < 1.29 is 9.15 Å². The van der Waals surface area contributed by atoms with Gasteiger partial charge in [0.15, 0.2) is 0 Å². The van der Waals surface area contributed by atoms with E-state index in [1.807, 2.05) is 0 Å². The Morgan fingerprint density at radius 3 is 2.75 bits per heavy atom. The molecule has 0 aliphatic carbocycles. The summed E-state index contributed by atoms with van der Waals surface area (Å²) in [4.78, 5) is 0. The molecule has 0 bridgehead atoms. The third-order valence-electron chi connectivity index (χ3n) is 3.20. The summed E-state index contributed by atoms with van der Waals surface area (Å²) < 4.78 is 12.4. The average Bonchev–Trinajstić information content (AvgIpc) is 2.69. The zero-order chi connectivity index (χ0) is 14.7. The van der Waals surface area contributed by atoms with Crippen LogP contribution in [0.5, 0.6) is 0 Å². The molecular weight excluding hydrogens is 318 g/mol. The fourth-order valence-electron chi connectivity index (χ4n) is 2.31. The number of hydrogen-bond donors (Lipinski definition) is 1. The highest BCUT2D eigenvalue weighted by Gasteiger charge is 2.16. The molecule has 3 nitrogen and oxygen atoms in total. The Balaban J connectivity index is 2.37. The van der Waals surface area contributed by atoms with Gasteiger partial charge < -0.3 is 14.5 Å². The Morgan fingerprint density at radius 2 is 2.10 bits per heavy atom. The Bertz CT molecular complexity index is 590. The number of methoxy groups -OCH3 is 1. The van der Waals surface area contributed by atoms with Crippen LogP contribution in [0.25, 0.3) is 11.0 Å². The van der Waals surface area contributed by atoms with E-state index in [1.54, 1.807) is 7.11 Å². The van der Waals surface area contributed by atoms with Gasteiger partial charge in [0.05, 0.1) is 17.6 Å². The molecule has 0 unspecified atom stereocenters. The SMILES string of the molecule is COCc1c(CNCC(C)C)oc2c(Br)cc(C)cc12. The number of ether oxygens (including phenoxy) is 1. The summed E-state index contributed by atoms with van der Waals surface area (Å²) >= 11 is 3.58. The number of halogens is 1. The van der Waals surface area contributed by atoms with Crippen molar-refractivity contribution in [3.8, 4) is 0 Å². The van der Waals surface area contributed by atoms with Gasteiger partial charge in [0.1, 0.15) is 11.3 Å². The van der Waals surface area contributed by atoms with Crippen molar-refractivity contribution in [3.05, 3.63) is 33.5 Å². The number of fused-ring (bicyclic) bond motifs is 1. The van der Waals surface area contributed by atoms with Crippen LogP contribution in [0, 0.1) is 12.8 Å². The van der Waals surface area contributed by atoms with Crippen molar-refractivity contribution in [1.82, 2.24) is 5.32 Å². The van der Waals surface area contributed by atoms with Gasteiger partial charge in [0, 0.05) is 18.1 Å². The van der Waals surface area contributed by atoms with E-state index >= 15 is 0 Å². The van der Waals surface area contributed by atoms with Crippen molar-refractivity contribution in [1.29, 1.82) is 0 Å². The van der Waals surface area contributed by atoms with Crippen molar-refractivity contribution in [2.45, 2.75) is 33.9 Å². The first-order chi connectivity index (χ1) is 9.52. The minimum atomic E-state index is 0.571. The smallest absolute Gasteiger partial charge is 0.148 e. The van der Waals surface area contributed by atoms with Crippen LogP contribution >= 0.6 is 15.9 Å². The number of aryl methyl sites for hydroxylation is 1. The van der Waals surface area contributed by atoms with E-state index in [4.69, 9.17) is 9.15 Å². The van der Waals surface area contributed by atoms with E-state index in [-0.39, 0.29) is 0 Å². The summed E-state index contributed by atoms with van der Waals surface area (Å²) in [5.74, 6) is 1.59. The van der Waals surface area contributed by atoms with Crippen LogP contribution in [0.1, 0.15) is 30.7 Å². The van der Waals surface area contributed by atoms with Gasteiger partial charge in [-0.25, -0.2) is 0 Å². The van der Waals surface area contributed by atoms with E-state index in [0.717, 1.165) is 39.9 Å². The van der Waals surface area contributed by atoms with E-state index in [2.05, 4.69) is 54.2 Å². The molecule has 0 spiro atoms. The van der Waals surface area contributed by atoms with Crippen LogP contribution in [-0.2, 0) is 17.9 Å². The highest BCUT2D eigenvalue weighted by molar-refractivity contribution is 9.10. The number of furan rings is 1. The Hall–Kier alpha value is -0.840. The van der Waals surface area contributed by atoms with Gasteiger partial charge in [-0.05, 0) is 53.0 Å². The van der Waals surface area contributed by atoms with E-state index < -0.39 is 0 Å². The summed E-state index contributed by atoms with van der Waals surface area (Å²) in [5, 5.41) is 4.57. The summed E-state index contributed by atoms with van der Waals surface area (Å²) in [6, 6.07) is 4.23. The molecule has 4 heteroatoms. The van der Waals surface area contributed by atoms with Gasteiger partial charge >= 0.3 is 0 Å². The molecule has 1 heterocycles. The molecule has 0 saturated carbocycles. The average molecular weight is 340 g/mol. The van der Waals surface area contributed by atoms with Gasteiger partial charge in [0.25, 0.3) is 0 Å². The lowest BCUT2D eigenvalue weighted by molar-refractivity contribution is 0.183. The second-order valence-electron chi connectivity index (χ2n) is 5.58. The third-order valence-corrected chi connectivity index (χ3v) is 3.79. The van der Waals surface area contributed by atoms with Crippen LogP contribution in [0.3, 0.4) is 0 Å². The van der Waals surface area contributed by atoms with Gasteiger partial charge in [-0.3, -0.25) is 0 Å². The minimum absolute atomic E-state index is 0.571.